The summed E-state index contributed by atoms with van der Waals surface area (Å²) in [5.41, 5.74) is 0.141. The number of rotatable bonds is 5. The smallest absolute Gasteiger partial charge is 0.308 e. The molecule has 8 nitrogen and oxygen atoms in total. The highest BCUT2D eigenvalue weighted by Gasteiger charge is 2.30. The number of hydrogen-bond donors (Lipinski definition) is 0. The molecule has 0 N–H and O–H groups in total. The molecule has 26 heavy (non-hydrogen) atoms. The zero-order valence-corrected chi connectivity index (χ0v) is 16.6. The summed E-state index contributed by atoms with van der Waals surface area (Å²) in [6.07, 6.45) is 1.77. The van der Waals surface area contributed by atoms with Crippen LogP contribution in [-0.4, -0.2) is 59.1 Å². The van der Waals surface area contributed by atoms with Crippen LogP contribution in [0.4, 0.5) is 0 Å². The summed E-state index contributed by atoms with van der Waals surface area (Å²) in [4.78, 5) is 33.9. The third-order valence-electron chi connectivity index (χ3n) is 3.86. The maximum absolute atomic E-state index is 12.6. The van der Waals surface area contributed by atoms with Crippen LogP contribution in [-0.2, 0) is 25.8 Å². The van der Waals surface area contributed by atoms with E-state index in [1.165, 1.54) is 11.1 Å². The zero-order valence-electron chi connectivity index (χ0n) is 15.8. The van der Waals surface area contributed by atoms with Gasteiger partial charge in [-0.15, -0.1) is 0 Å². The van der Waals surface area contributed by atoms with Crippen LogP contribution in [0, 0.1) is 0 Å². The Morgan fingerprint density at radius 1 is 1.35 bits per heavy atom. The van der Waals surface area contributed by atoms with Crippen LogP contribution in [0.3, 0.4) is 0 Å². The average molecular weight is 383 g/mol. The van der Waals surface area contributed by atoms with E-state index in [0.717, 1.165) is 0 Å². The minimum atomic E-state index is -3.59. The largest absolute Gasteiger partial charge is 0.460 e. The molecule has 0 spiro atoms. The molecule has 0 fully saturated rings. The highest BCUT2D eigenvalue weighted by Crippen LogP contribution is 2.20. The fourth-order valence-corrected chi connectivity index (χ4v) is 3.32. The van der Waals surface area contributed by atoms with Crippen LogP contribution in [0.5, 0.6) is 0 Å². The number of sulfone groups is 1. The minimum absolute atomic E-state index is 0.0962. The summed E-state index contributed by atoms with van der Waals surface area (Å²) in [6, 6.07) is 0. The Kier molecular flexibility index (Phi) is 5.70. The van der Waals surface area contributed by atoms with E-state index < -0.39 is 20.7 Å². The van der Waals surface area contributed by atoms with E-state index in [1.54, 1.807) is 34.6 Å². The summed E-state index contributed by atoms with van der Waals surface area (Å²) in [5.74, 6) is -0.672. The molecule has 1 aromatic rings. The lowest BCUT2D eigenvalue weighted by Gasteiger charge is -2.28. The van der Waals surface area contributed by atoms with Crippen molar-refractivity contribution in [3.8, 4) is 0 Å². The Balaban J connectivity index is 2.10. The first-order chi connectivity index (χ1) is 11.9. The van der Waals surface area contributed by atoms with Crippen molar-refractivity contribution in [1.29, 1.82) is 0 Å². The SMILES string of the molecule is CC(C)S(=O)(=O)c1ncc2c(n1)CCN(CCC(=O)OC(C)(C)C)C2=O. The van der Waals surface area contributed by atoms with Crippen LogP contribution >= 0.6 is 0 Å². The number of carbonyl (C=O) groups excluding carboxylic acids is 2. The average Bonchev–Trinajstić information content (AvgIpc) is 2.52. The number of ether oxygens (including phenoxy) is 1. The fraction of sp³-hybridized carbons (Fsp3) is 0.647. The summed E-state index contributed by atoms with van der Waals surface area (Å²) >= 11 is 0. The van der Waals surface area contributed by atoms with Crippen molar-refractivity contribution in [2.75, 3.05) is 13.1 Å². The predicted octanol–water partition coefficient (Wildman–Crippen LogP) is 1.39. The van der Waals surface area contributed by atoms with E-state index in [4.69, 9.17) is 4.74 Å². The number of nitrogens with zero attached hydrogens (tertiary/aromatic N) is 3. The molecule has 2 rings (SSSR count). The maximum atomic E-state index is 12.6. The molecule has 0 aliphatic carbocycles. The van der Waals surface area contributed by atoms with E-state index in [9.17, 15) is 18.0 Å². The summed E-state index contributed by atoms with van der Waals surface area (Å²) < 4.78 is 29.6. The highest BCUT2D eigenvalue weighted by molar-refractivity contribution is 7.91. The second-order valence-corrected chi connectivity index (χ2v) is 9.88. The van der Waals surface area contributed by atoms with E-state index >= 15 is 0 Å². The second kappa shape index (κ2) is 7.30. The minimum Gasteiger partial charge on any atom is -0.460 e. The second-order valence-electron chi connectivity index (χ2n) is 7.49. The van der Waals surface area contributed by atoms with Crippen molar-refractivity contribution < 1.29 is 22.7 Å². The van der Waals surface area contributed by atoms with Crippen LogP contribution in [0.25, 0.3) is 0 Å². The molecular weight excluding hydrogens is 358 g/mol. The molecule has 1 aliphatic heterocycles. The van der Waals surface area contributed by atoms with Gasteiger partial charge < -0.3 is 9.64 Å². The van der Waals surface area contributed by atoms with E-state index in [-0.39, 0.29) is 35.6 Å². The number of hydrogen-bond acceptors (Lipinski definition) is 7. The first-order valence-electron chi connectivity index (χ1n) is 8.53. The molecule has 0 radical (unpaired) electrons. The number of esters is 1. The van der Waals surface area contributed by atoms with Gasteiger partial charge in [0.25, 0.3) is 5.91 Å². The van der Waals surface area contributed by atoms with Gasteiger partial charge >= 0.3 is 5.97 Å². The van der Waals surface area contributed by atoms with Crippen molar-refractivity contribution in [3.63, 3.8) is 0 Å². The van der Waals surface area contributed by atoms with E-state index in [1.807, 2.05) is 0 Å². The molecule has 0 saturated carbocycles. The van der Waals surface area contributed by atoms with E-state index in [2.05, 4.69) is 9.97 Å². The van der Waals surface area contributed by atoms with Crippen LogP contribution in [0.2, 0.25) is 0 Å². The molecule has 9 heteroatoms. The lowest BCUT2D eigenvalue weighted by molar-refractivity contribution is -0.155. The monoisotopic (exact) mass is 383 g/mol. The van der Waals surface area contributed by atoms with Crippen LogP contribution < -0.4 is 0 Å². The topological polar surface area (TPSA) is 107 Å². The number of amides is 1. The highest BCUT2D eigenvalue weighted by atomic mass is 32.2. The van der Waals surface area contributed by atoms with Gasteiger partial charge in [-0.25, -0.2) is 18.4 Å². The Morgan fingerprint density at radius 2 is 2.00 bits per heavy atom. The maximum Gasteiger partial charge on any atom is 0.308 e. The molecule has 0 saturated heterocycles. The summed E-state index contributed by atoms with van der Waals surface area (Å²) in [6.45, 7) is 9.07. The van der Waals surface area contributed by atoms with Crippen molar-refractivity contribution in [2.24, 2.45) is 0 Å². The van der Waals surface area contributed by atoms with Gasteiger partial charge in [-0.3, -0.25) is 9.59 Å². The molecule has 0 aromatic carbocycles. The molecule has 1 amide bonds. The van der Waals surface area contributed by atoms with Gasteiger partial charge in [0.2, 0.25) is 15.0 Å². The normalized spacial score (nSPS) is 15.2. The Hall–Kier alpha value is -2.03. The van der Waals surface area contributed by atoms with Gasteiger partial charge in [0, 0.05) is 25.7 Å². The first kappa shape index (κ1) is 20.3. The van der Waals surface area contributed by atoms with Gasteiger partial charge in [-0.05, 0) is 34.6 Å². The van der Waals surface area contributed by atoms with Crippen molar-refractivity contribution in [1.82, 2.24) is 14.9 Å². The van der Waals surface area contributed by atoms with Gasteiger partial charge in [-0.1, -0.05) is 0 Å². The lowest BCUT2D eigenvalue weighted by atomic mass is 10.1. The Bertz CT molecular complexity index is 812. The lowest BCUT2D eigenvalue weighted by Crippen LogP contribution is -2.40. The predicted molar refractivity (Wildman–Crippen MR) is 94.4 cm³/mol. The van der Waals surface area contributed by atoms with Crippen LogP contribution in [0.1, 0.15) is 57.1 Å². The number of fused-ring (bicyclic) bond motifs is 1. The fourth-order valence-electron chi connectivity index (χ4n) is 2.46. The Labute approximate surface area is 153 Å². The third kappa shape index (κ3) is 4.57. The molecule has 0 bridgehead atoms. The van der Waals surface area contributed by atoms with Crippen molar-refractivity contribution >= 4 is 21.7 Å². The Morgan fingerprint density at radius 3 is 2.58 bits per heavy atom. The number of carbonyl (C=O) groups is 2. The molecule has 0 unspecified atom stereocenters. The quantitative estimate of drug-likeness (QED) is 0.558. The zero-order chi connectivity index (χ0) is 19.7. The van der Waals surface area contributed by atoms with E-state index in [0.29, 0.717) is 18.7 Å². The number of aromatic nitrogens is 2. The van der Waals surface area contributed by atoms with Crippen LogP contribution in [0.15, 0.2) is 11.4 Å². The van der Waals surface area contributed by atoms with Gasteiger partial charge in [-0.2, -0.15) is 0 Å². The van der Waals surface area contributed by atoms with Crippen molar-refractivity contribution in [3.05, 3.63) is 17.5 Å². The molecule has 1 aliphatic rings. The van der Waals surface area contributed by atoms with Crippen molar-refractivity contribution in [2.45, 2.75) is 63.5 Å². The third-order valence-corrected chi connectivity index (χ3v) is 5.81. The molecule has 144 valence electrons. The molecule has 1 aromatic heterocycles. The summed E-state index contributed by atoms with van der Waals surface area (Å²) in [7, 11) is -3.59. The standard InChI is InChI=1S/C17H25N3O5S/c1-11(2)26(23,24)16-18-10-12-13(19-16)6-8-20(15(12)22)9-7-14(21)25-17(3,4)5/h10-11H,6-9H2,1-5H3. The van der Waals surface area contributed by atoms with Gasteiger partial charge in [0.05, 0.1) is 22.9 Å². The summed E-state index contributed by atoms with van der Waals surface area (Å²) in [5, 5.41) is -0.883. The first-order valence-corrected chi connectivity index (χ1v) is 10.1. The van der Waals surface area contributed by atoms with Gasteiger partial charge in [0.1, 0.15) is 5.60 Å². The molecular formula is C17H25N3O5S. The molecule has 0 atom stereocenters. The molecule has 2 heterocycles. The van der Waals surface area contributed by atoms with Gasteiger partial charge in [0.15, 0.2) is 0 Å².